The molecule has 5 nitrogen and oxygen atoms in total. The van der Waals surface area contributed by atoms with Crippen LogP contribution in [0.3, 0.4) is 0 Å². The molecule has 0 aliphatic carbocycles. The number of benzene rings is 2. The van der Waals surface area contributed by atoms with Crippen LogP contribution in [0, 0.1) is 19.7 Å². The van der Waals surface area contributed by atoms with Crippen LogP contribution in [-0.4, -0.2) is 22.4 Å². The van der Waals surface area contributed by atoms with E-state index in [0.29, 0.717) is 27.2 Å². The maximum Gasteiger partial charge on any atom is 0.263 e. The van der Waals surface area contributed by atoms with Crippen molar-refractivity contribution < 1.29 is 13.9 Å². The van der Waals surface area contributed by atoms with Gasteiger partial charge in [0.05, 0.1) is 19.0 Å². The minimum absolute atomic E-state index is 0.156. The third kappa shape index (κ3) is 3.52. The average molecular weight is 422 g/mol. The molecule has 30 heavy (non-hydrogen) atoms. The molecular weight excluding hydrogens is 403 g/mol. The quantitative estimate of drug-likeness (QED) is 0.435. The molecule has 0 amide bonds. The predicted octanol–water partition coefficient (Wildman–Crippen LogP) is 4.77. The number of nitrogens with zero attached hydrogens (tertiary/aromatic N) is 2. The molecule has 0 fully saturated rings. The number of fused-ring (bicyclic) bond motifs is 1. The molecule has 7 heteroatoms. The van der Waals surface area contributed by atoms with Crippen molar-refractivity contribution in [3.63, 3.8) is 0 Å². The van der Waals surface area contributed by atoms with E-state index >= 15 is 0 Å². The molecule has 0 aliphatic rings. The molecule has 4 rings (SSSR count). The Labute approximate surface area is 176 Å². The monoisotopic (exact) mass is 422 g/mol. The lowest BCUT2D eigenvalue weighted by atomic mass is 10.1. The van der Waals surface area contributed by atoms with Crippen LogP contribution in [0.15, 0.2) is 52.6 Å². The second kappa shape index (κ2) is 7.84. The lowest BCUT2D eigenvalue weighted by Gasteiger charge is -2.10. The van der Waals surface area contributed by atoms with Gasteiger partial charge in [0.1, 0.15) is 22.2 Å². The van der Waals surface area contributed by atoms with Crippen LogP contribution in [-0.2, 0) is 6.54 Å². The summed E-state index contributed by atoms with van der Waals surface area (Å²) in [4.78, 5) is 31.2. The molecule has 152 valence electrons. The molecular formula is C23H19FN2O3S. The van der Waals surface area contributed by atoms with Crippen molar-refractivity contribution in [1.82, 2.24) is 9.55 Å². The van der Waals surface area contributed by atoms with Crippen LogP contribution >= 0.6 is 11.3 Å². The molecule has 0 atom stereocenters. The zero-order valence-electron chi connectivity index (χ0n) is 16.7. The Kier molecular flexibility index (Phi) is 5.22. The number of aromatic nitrogens is 2. The molecule has 0 aliphatic heterocycles. The van der Waals surface area contributed by atoms with Crippen LogP contribution < -0.4 is 10.3 Å². The summed E-state index contributed by atoms with van der Waals surface area (Å²) in [6, 6.07) is 11.6. The molecule has 0 spiro atoms. The number of rotatable bonds is 5. The summed E-state index contributed by atoms with van der Waals surface area (Å²) in [5, 5.41) is 2.38. The SMILES string of the molecule is COc1ccc(-c2csc3nc(C)n(CC(=O)c4ccc(F)c(C)c4)c(=O)c23)cc1. The van der Waals surface area contributed by atoms with Crippen molar-refractivity contribution in [2.45, 2.75) is 20.4 Å². The zero-order chi connectivity index (χ0) is 21.4. The van der Waals surface area contributed by atoms with Gasteiger partial charge in [0.2, 0.25) is 0 Å². The Hall–Kier alpha value is -3.32. The van der Waals surface area contributed by atoms with E-state index in [-0.39, 0.29) is 23.7 Å². The minimum Gasteiger partial charge on any atom is -0.497 e. The maximum atomic E-state index is 13.5. The van der Waals surface area contributed by atoms with Gasteiger partial charge in [-0.25, -0.2) is 9.37 Å². The largest absolute Gasteiger partial charge is 0.497 e. The summed E-state index contributed by atoms with van der Waals surface area (Å²) in [5.74, 6) is 0.545. The molecule has 4 aromatic rings. The van der Waals surface area contributed by atoms with Crippen molar-refractivity contribution in [2.24, 2.45) is 0 Å². The fourth-order valence-corrected chi connectivity index (χ4v) is 4.33. The topological polar surface area (TPSA) is 61.2 Å². The number of thiophene rings is 1. The highest BCUT2D eigenvalue weighted by Gasteiger charge is 2.18. The number of hydrogen-bond acceptors (Lipinski definition) is 5. The van der Waals surface area contributed by atoms with E-state index in [4.69, 9.17) is 4.74 Å². The second-order valence-corrected chi connectivity index (χ2v) is 7.85. The lowest BCUT2D eigenvalue weighted by molar-refractivity contribution is 0.0969. The van der Waals surface area contributed by atoms with Crippen molar-refractivity contribution in [2.75, 3.05) is 7.11 Å². The van der Waals surface area contributed by atoms with Crippen molar-refractivity contribution in [3.8, 4) is 16.9 Å². The van der Waals surface area contributed by atoms with E-state index in [1.54, 1.807) is 21.0 Å². The van der Waals surface area contributed by atoms with E-state index in [1.807, 2.05) is 29.6 Å². The molecule has 0 radical (unpaired) electrons. The third-order valence-electron chi connectivity index (χ3n) is 5.07. The Morgan fingerprint density at radius 3 is 2.57 bits per heavy atom. The number of aryl methyl sites for hydroxylation is 2. The van der Waals surface area contributed by atoms with Crippen LogP contribution in [0.2, 0.25) is 0 Å². The molecule has 0 N–H and O–H groups in total. The van der Waals surface area contributed by atoms with Gasteiger partial charge in [0.25, 0.3) is 5.56 Å². The average Bonchev–Trinajstić information content (AvgIpc) is 3.16. The molecule has 0 bridgehead atoms. The number of ketones is 1. The zero-order valence-corrected chi connectivity index (χ0v) is 17.5. The van der Waals surface area contributed by atoms with Gasteiger partial charge < -0.3 is 4.74 Å². The summed E-state index contributed by atoms with van der Waals surface area (Å²) < 4.78 is 20.1. The molecule has 2 aromatic carbocycles. The number of methoxy groups -OCH3 is 1. The number of carbonyl (C=O) groups excluding carboxylic acids is 1. The first-order valence-corrected chi connectivity index (χ1v) is 10.2. The summed E-state index contributed by atoms with van der Waals surface area (Å²) in [6.07, 6.45) is 0. The van der Waals surface area contributed by atoms with Gasteiger partial charge in [-0.1, -0.05) is 12.1 Å². The van der Waals surface area contributed by atoms with Gasteiger partial charge in [-0.15, -0.1) is 11.3 Å². The Morgan fingerprint density at radius 2 is 1.90 bits per heavy atom. The third-order valence-corrected chi connectivity index (χ3v) is 5.94. The highest BCUT2D eigenvalue weighted by Crippen LogP contribution is 2.32. The van der Waals surface area contributed by atoms with Crippen molar-refractivity contribution in [3.05, 3.63) is 81.0 Å². The second-order valence-electron chi connectivity index (χ2n) is 7.00. The van der Waals surface area contributed by atoms with E-state index in [0.717, 1.165) is 16.9 Å². The van der Waals surface area contributed by atoms with E-state index in [1.165, 1.54) is 34.1 Å². The van der Waals surface area contributed by atoms with Gasteiger partial charge >= 0.3 is 0 Å². The number of carbonyl (C=O) groups is 1. The highest BCUT2D eigenvalue weighted by molar-refractivity contribution is 7.17. The van der Waals surface area contributed by atoms with Gasteiger partial charge in [-0.3, -0.25) is 14.2 Å². The first-order valence-electron chi connectivity index (χ1n) is 9.31. The molecule has 2 aromatic heterocycles. The lowest BCUT2D eigenvalue weighted by Crippen LogP contribution is -2.27. The van der Waals surface area contributed by atoms with Crippen LogP contribution in [0.25, 0.3) is 21.3 Å². The number of ether oxygens (including phenoxy) is 1. The van der Waals surface area contributed by atoms with E-state index < -0.39 is 0 Å². The fourth-order valence-electron chi connectivity index (χ4n) is 3.35. The Balaban J connectivity index is 1.77. The predicted molar refractivity (Wildman–Crippen MR) is 116 cm³/mol. The summed E-state index contributed by atoms with van der Waals surface area (Å²) in [5.41, 5.74) is 2.13. The minimum atomic E-state index is -0.370. The number of hydrogen-bond donors (Lipinski definition) is 0. The van der Waals surface area contributed by atoms with Gasteiger partial charge in [-0.2, -0.15) is 0 Å². The van der Waals surface area contributed by atoms with E-state index in [2.05, 4.69) is 4.98 Å². The first kappa shape index (κ1) is 20.0. The molecule has 0 unspecified atom stereocenters. The van der Waals surface area contributed by atoms with Gasteiger partial charge in [-0.05, 0) is 55.3 Å². The summed E-state index contributed by atoms with van der Waals surface area (Å²) in [7, 11) is 1.60. The van der Waals surface area contributed by atoms with Crippen molar-refractivity contribution in [1.29, 1.82) is 0 Å². The molecule has 2 heterocycles. The maximum absolute atomic E-state index is 13.5. The Morgan fingerprint density at radius 1 is 1.17 bits per heavy atom. The number of Topliss-reactive ketones (excluding diaryl/α,β-unsaturated/α-hetero) is 1. The van der Waals surface area contributed by atoms with Crippen molar-refractivity contribution >= 4 is 27.3 Å². The normalized spacial score (nSPS) is 11.1. The first-order chi connectivity index (χ1) is 14.4. The van der Waals surface area contributed by atoms with Gasteiger partial charge in [0.15, 0.2) is 5.78 Å². The summed E-state index contributed by atoms with van der Waals surface area (Å²) >= 11 is 1.39. The smallest absolute Gasteiger partial charge is 0.263 e. The summed E-state index contributed by atoms with van der Waals surface area (Å²) in [6.45, 7) is 3.15. The molecule has 0 saturated carbocycles. The highest BCUT2D eigenvalue weighted by atomic mass is 32.1. The van der Waals surface area contributed by atoms with Crippen LogP contribution in [0.1, 0.15) is 21.7 Å². The van der Waals surface area contributed by atoms with Crippen LogP contribution in [0.5, 0.6) is 5.75 Å². The standard InChI is InChI=1S/C23H19FN2O3S/c1-13-10-16(6-9-19(13)24)20(27)11-26-14(2)25-22-21(23(26)28)18(12-30-22)15-4-7-17(29-3)8-5-15/h4-10,12H,11H2,1-3H3. The molecule has 0 saturated heterocycles. The van der Waals surface area contributed by atoms with Gasteiger partial charge in [0, 0.05) is 16.5 Å². The number of halogens is 1. The van der Waals surface area contributed by atoms with Crippen LogP contribution in [0.4, 0.5) is 4.39 Å². The fraction of sp³-hybridized carbons (Fsp3) is 0.174. The Bertz CT molecular complexity index is 1320. The van der Waals surface area contributed by atoms with E-state index in [9.17, 15) is 14.0 Å².